The molecule has 27 heavy (non-hydrogen) atoms. The van der Waals surface area contributed by atoms with Crippen molar-refractivity contribution in [3.05, 3.63) is 84.3 Å². The first kappa shape index (κ1) is 16.7. The van der Waals surface area contributed by atoms with E-state index in [0.717, 1.165) is 27.7 Å². The largest absolute Gasteiger partial charge is 0.398 e. The summed E-state index contributed by atoms with van der Waals surface area (Å²) in [5.41, 5.74) is 11.7. The number of benzene rings is 2. The van der Waals surface area contributed by atoms with E-state index in [9.17, 15) is 4.79 Å². The number of carbonyl (C=O) groups is 1. The molecule has 2 aromatic carbocycles. The summed E-state index contributed by atoms with van der Waals surface area (Å²) in [6.07, 6.45) is 3.53. The highest BCUT2D eigenvalue weighted by Crippen LogP contribution is 2.25. The van der Waals surface area contributed by atoms with Crippen molar-refractivity contribution in [1.29, 1.82) is 0 Å². The summed E-state index contributed by atoms with van der Waals surface area (Å²) >= 11 is 0. The second-order valence-corrected chi connectivity index (χ2v) is 6.36. The summed E-state index contributed by atoms with van der Waals surface area (Å²) in [5.74, 6) is -0.175. The number of nitrogens with two attached hydrogens (primary N) is 1. The smallest absolute Gasteiger partial charge is 0.255 e. The molecular formula is C22H18N4O. The van der Waals surface area contributed by atoms with Crippen LogP contribution in [0.3, 0.4) is 0 Å². The first-order valence-electron chi connectivity index (χ1n) is 8.59. The van der Waals surface area contributed by atoms with E-state index < -0.39 is 0 Å². The van der Waals surface area contributed by atoms with Gasteiger partial charge in [0.1, 0.15) is 0 Å². The Morgan fingerprint density at radius 2 is 1.81 bits per heavy atom. The summed E-state index contributed by atoms with van der Waals surface area (Å²) in [6, 6.07) is 18.7. The highest BCUT2D eigenvalue weighted by Gasteiger charge is 2.09. The first-order chi connectivity index (χ1) is 13.1. The van der Waals surface area contributed by atoms with Crippen LogP contribution in [-0.2, 0) is 0 Å². The van der Waals surface area contributed by atoms with Crippen molar-refractivity contribution in [3.63, 3.8) is 0 Å². The summed E-state index contributed by atoms with van der Waals surface area (Å²) in [6.45, 7) is 1.90. The zero-order valence-electron chi connectivity index (χ0n) is 14.8. The molecule has 4 rings (SSSR count). The molecule has 1 amide bonds. The van der Waals surface area contributed by atoms with Crippen LogP contribution in [0, 0.1) is 6.92 Å². The van der Waals surface area contributed by atoms with Crippen molar-refractivity contribution in [2.24, 2.45) is 0 Å². The number of amides is 1. The van der Waals surface area contributed by atoms with Gasteiger partial charge in [-0.05, 0) is 60.5 Å². The molecule has 0 fully saturated rings. The van der Waals surface area contributed by atoms with E-state index >= 15 is 0 Å². The Morgan fingerprint density at radius 1 is 1.00 bits per heavy atom. The van der Waals surface area contributed by atoms with Crippen LogP contribution < -0.4 is 11.1 Å². The van der Waals surface area contributed by atoms with Gasteiger partial charge in [-0.2, -0.15) is 0 Å². The van der Waals surface area contributed by atoms with E-state index in [1.165, 1.54) is 0 Å². The Hall–Kier alpha value is -3.73. The number of nitrogen functional groups attached to an aromatic ring is 1. The number of hydrogen-bond donors (Lipinski definition) is 2. The van der Waals surface area contributed by atoms with Crippen molar-refractivity contribution in [3.8, 4) is 11.1 Å². The number of aryl methyl sites for hydroxylation is 1. The van der Waals surface area contributed by atoms with Gasteiger partial charge in [0, 0.05) is 40.4 Å². The molecule has 0 bridgehead atoms. The zero-order valence-corrected chi connectivity index (χ0v) is 14.8. The van der Waals surface area contributed by atoms with Crippen LogP contribution in [0.5, 0.6) is 0 Å². The lowest BCUT2D eigenvalue weighted by atomic mass is 10.1. The maximum Gasteiger partial charge on any atom is 0.255 e. The standard InChI is InChI=1S/C22H18N4O/c1-14-11-20(23)19-12-18(8-9-21(19)25-14)26-22(27)16-6-4-15(5-7-16)17-3-2-10-24-13-17/h2-13H,1H3,(H2,23,25)(H,26,27). The molecule has 2 aromatic heterocycles. The third-order valence-corrected chi connectivity index (χ3v) is 4.37. The van der Waals surface area contributed by atoms with Crippen LogP contribution in [-0.4, -0.2) is 15.9 Å². The monoisotopic (exact) mass is 354 g/mol. The molecule has 0 saturated heterocycles. The molecule has 0 aliphatic carbocycles. The first-order valence-corrected chi connectivity index (χ1v) is 8.59. The number of aromatic nitrogens is 2. The molecule has 0 radical (unpaired) electrons. The fourth-order valence-corrected chi connectivity index (χ4v) is 3.02. The number of pyridine rings is 2. The highest BCUT2D eigenvalue weighted by molar-refractivity contribution is 6.06. The van der Waals surface area contributed by atoms with Gasteiger partial charge in [-0.15, -0.1) is 0 Å². The van der Waals surface area contributed by atoms with Crippen LogP contribution >= 0.6 is 0 Å². The molecule has 0 aliphatic rings. The third-order valence-electron chi connectivity index (χ3n) is 4.37. The Bertz CT molecular complexity index is 1120. The maximum absolute atomic E-state index is 12.6. The molecule has 5 heteroatoms. The van der Waals surface area contributed by atoms with E-state index in [2.05, 4.69) is 15.3 Å². The van der Waals surface area contributed by atoms with E-state index in [0.29, 0.717) is 16.9 Å². The summed E-state index contributed by atoms with van der Waals surface area (Å²) < 4.78 is 0. The van der Waals surface area contributed by atoms with Crippen molar-refractivity contribution in [2.45, 2.75) is 6.92 Å². The molecule has 0 atom stereocenters. The Kier molecular flexibility index (Phi) is 4.26. The van der Waals surface area contributed by atoms with E-state index in [1.54, 1.807) is 24.5 Å². The fourth-order valence-electron chi connectivity index (χ4n) is 3.02. The highest BCUT2D eigenvalue weighted by atomic mass is 16.1. The van der Waals surface area contributed by atoms with Gasteiger partial charge in [0.15, 0.2) is 0 Å². The van der Waals surface area contributed by atoms with Crippen LogP contribution in [0.2, 0.25) is 0 Å². The van der Waals surface area contributed by atoms with Crippen molar-refractivity contribution in [2.75, 3.05) is 11.1 Å². The molecule has 5 nitrogen and oxygen atoms in total. The maximum atomic E-state index is 12.6. The zero-order chi connectivity index (χ0) is 18.8. The van der Waals surface area contributed by atoms with Crippen LogP contribution in [0.15, 0.2) is 73.1 Å². The Labute approximate surface area is 156 Å². The molecule has 3 N–H and O–H groups in total. The summed E-state index contributed by atoms with van der Waals surface area (Å²) in [5, 5.41) is 3.74. The summed E-state index contributed by atoms with van der Waals surface area (Å²) in [4.78, 5) is 21.1. The normalized spacial score (nSPS) is 10.7. The fraction of sp³-hybridized carbons (Fsp3) is 0.0455. The van der Waals surface area contributed by atoms with Gasteiger partial charge in [-0.3, -0.25) is 14.8 Å². The number of hydrogen-bond acceptors (Lipinski definition) is 4. The van der Waals surface area contributed by atoms with E-state index in [4.69, 9.17) is 5.73 Å². The molecule has 132 valence electrons. The lowest BCUT2D eigenvalue weighted by Crippen LogP contribution is -2.11. The number of rotatable bonds is 3. The average Bonchev–Trinajstić information content (AvgIpc) is 2.69. The second-order valence-electron chi connectivity index (χ2n) is 6.36. The minimum Gasteiger partial charge on any atom is -0.398 e. The van der Waals surface area contributed by atoms with Gasteiger partial charge in [-0.25, -0.2) is 0 Å². The molecular weight excluding hydrogens is 336 g/mol. The molecule has 0 saturated carbocycles. The minimum absolute atomic E-state index is 0.175. The number of nitrogens with one attached hydrogen (secondary N) is 1. The SMILES string of the molecule is Cc1cc(N)c2cc(NC(=O)c3ccc(-c4cccnc4)cc3)ccc2n1. The molecule has 0 unspecified atom stereocenters. The quantitative estimate of drug-likeness (QED) is 0.570. The van der Waals surface area contributed by atoms with E-state index in [1.807, 2.05) is 55.5 Å². The van der Waals surface area contributed by atoms with Crippen molar-refractivity contribution < 1.29 is 4.79 Å². The van der Waals surface area contributed by atoms with Gasteiger partial charge in [-0.1, -0.05) is 18.2 Å². The van der Waals surface area contributed by atoms with Gasteiger partial charge < -0.3 is 11.1 Å². The predicted molar refractivity (Wildman–Crippen MR) is 109 cm³/mol. The lowest BCUT2D eigenvalue weighted by Gasteiger charge is -2.09. The molecule has 0 aliphatic heterocycles. The lowest BCUT2D eigenvalue weighted by molar-refractivity contribution is 0.102. The van der Waals surface area contributed by atoms with E-state index in [-0.39, 0.29) is 5.91 Å². The van der Waals surface area contributed by atoms with Crippen LogP contribution in [0.1, 0.15) is 16.1 Å². The molecule has 4 aromatic rings. The number of carbonyl (C=O) groups excluding carboxylic acids is 1. The average molecular weight is 354 g/mol. The van der Waals surface area contributed by atoms with Crippen LogP contribution in [0.25, 0.3) is 22.0 Å². The van der Waals surface area contributed by atoms with Crippen molar-refractivity contribution in [1.82, 2.24) is 9.97 Å². The van der Waals surface area contributed by atoms with Crippen LogP contribution in [0.4, 0.5) is 11.4 Å². The number of nitrogens with zero attached hydrogens (tertiary/aromatic N) is 2. The Morgan fingerprint density at radius 3 is 2.56 bits per heavy atom. The van der Waals surface area contributed by atoms with Gasteiger partial charge in [0.2, 0.25) is 0 Å². The third kappa shape index (κ3) is 3.48. The van der Waals surface area contributed by atoms with Gasteiger partial charge in [0.25, 0.3) is 5.91 Å². The number of fused-ring (bicyclic) bond motifs is 1. The molecule has 2 heterocycles. The topological polar surface area (TPSA) is 80.9 Å². The second kappa shape index (κ2) is 6.88. The Balaban J connectivity index is 1.56. The molecule has 0 spiro atoms. The van der Waals surface area contributed by atoms with Gasteiger partial charge >= 0.3 is 0 Å². The van der Waals surface area contributed by atoms with Gasteiger partial charge in [0.05, 0.1) is 5.52 Å². The number of anilines is 2. The predicted octanol–water partition coefficient (Wildman–Crippen LogP) is 4.44. The van der Waals surface area contributed by atoms with Crippen molar-refractivity contribution >= 4 is 28.2 Å². The minimum atomic E-state index is -0.175. The summed E-state index contributed by atoms with van der Waals surface area (Å²) in [7, 11) is 0.